The lowest BCUT2D eigenvalue weighted by Gasteiger charge is -2.34. The Hall–Kier alpha value is -3.99. The molecule has 1 aliphatic heterocycles. The number of nitrogens with one attached hydrogen (secondary N) is 2. The lowest BCUT2D eigenvalue weighted by atomic mass is 9.97. The van der Waals surface area contributed by atoms with Gasteiger partial charge in [0.25, 0.3) is 5.91 Å². The van der Waals surface area contributed by atoms with Crippen LogP contribution in [0.5, 0.6) is 0 Å². The van der Waals surface area contributed by atoms with Crippen LogP contribution in [0.2, 0.25) is 5.02 Å². The summed E-state index contributed by atoms with van der Waals surface area (Å²) in [7, 11) is 0. The smallest absolute Gasteiger partial charge is 0.269 e. The van der Waals surface area contributed by atoms with Gasteiger partial charge < -0.3 is 21.3 Å². The van der Waals surface area contributed by atoms with Gasteiger partial charge in [-0.25, -0.2) is 4.39 Å². The molecular formula is C26H26ClFN6O4. The number of aromatic nitrogens is 2. The highest BCUT2D eigenvalue weighted by molar-refractivity contribution is 6.30. The molecule has 4 amide bonds. The number of rotatable bonds is 7. The van der Waals surface area contributed by atoms with E-state index in [1.807, 2.05) is 0 Å². The van der Waals surface area contributed by atoms with Gasteiger partial charge in [-0.05, 0) is 49.4 Å². The molecule has 0 spiro atoms. The average Bonchev–Trinajstić information content (AvgIpc) is 3.58. The molecule has 5 rings (SSSR count). The standard InChI is InChI=1S/C26H26ClFN6O4/c1-13(35)31-16-6-8-18-20(10-16)33(32-23(18)25(29)37)12-21(36)34-17-7-5-14(9-17)24(34)26(38)30-11-15-3-2-4-19(27)22(15)28/h2-4,6,8,10,14,17,24H,5,7,9,11-12H2,1H3,(H2,29,37)(H,30,38)(H,31,35)/t14-,17+,24-/m0/s1. The molecule has 0 radical (unpaired) electrons. The maximum absolute atomic E-state index is 14.3. The molecule has 3 atom stereocenters. The first kappa shape index (κ1) is 25.7. The normalized spacial score (nSPS) is 20.1. The number of nitrogens with two attached hydrogens (primary N) is 1. The molecule has 198 valence electrons. The van der Waals surface area contributed by atoms with Gasteiger partial charge in [-0.1, -0.05) is 23.7 Å². The van der Waals surface area contributed by atoms with Crippen molar-refractivity contribution in [2.45, 2.75) is 51.4 Å². The number of carbonyl (C=O) groups is 4. The lowest BCUT2D eigenvalue weighted by Crippen LogP contribution is -2.53. The predicted octanol–water partition coefficient (Wildman–Crippen LogP) is 2.58. The number of benzene rings is 2. The Labute approximate surface area is 222 Å². The zero-order valence-corrected chi connectivity index (χ0v) is 21.3. The summed E-state index contributed by atoms with van der Waals surface area (Å²) in [5.74, 6) is -2.32. The lowest BCUT2D eigenvalue weighted by molar-refractivity contribution is -0.143. The van der Waals surface area contributed by atoms with E-state index >= 15 is 0 Å². The highest BCUT2D eigenvalue weighted by Gasteiger charge is 2.51. The summed E-state index contributed by atoms with van der Waals surface area (Å²) in [5, 5.41) is 10.1. The van der Waals surface area contributed by atoms with Gasteiger partial charge in [0.05, 0.1) is 10.5 Å². The van der Waals surface area contributed by atoms with Crippen LogP contribution in [0, 0.1) is 11.7 Å². The van der Waals surface area contributed by atoms with Crippen molar-refractivity contribution in [3.63, 3.8) is 0 Å². The molecule has 2 aliphatic rings. The van der Waals surface area contributed by atoms with Gasteiger partial charge in [0.2, 0.25) is 17.7 Å². The zero-order valence-electron chi connectivity index (χ0n) is 20.5. The molecule has 1 aliphatic carbocycles. The predicted molar refractivity (Wildman–Crippen MR) is 138 cm³/mol. The summed E-state index contributed by atoms with van der Waals surface area (Å²) < 4.78 is 15.7. The Kier molecular flexibility index (Phi) is 6.78. The number of likely N-dealkylation sites (tertiary alicyclic amines) is 1. The second-order valence-electron chi connectivity index (χ2n) is 9.69. The van der Waals surface area contributed by atoms with Crippen LogP contribution in [-0.4, -0.2) is 50.4 Å². The van der Waals surface area contributed by atoms with E-state index in [2.05, 4.69) is 15.7 Å². The van der Waals surface area contributed by atoms with E-state index in [-0.39, 0.29) is 59.1 Å². The van der Waals surface area contributed by atoms with Crippen LogP contribution in [-0.2, 0) is 27.5 Å². The molecule has 3 aromatic rings. The number of halogens is 2. The van der Waals surface area contributed by atoms with Crippen molar-refractivity contribution in [3.05, 3.63) is 58.5 Å². The molecular weight excluding hydrogens is 515 g/mol. The second-order valence-corrected chi connectivity index (χ2v) is 10.1. The third kappa shape index (κ3) is 4.69. The van der Waals surface area contributed by atoms with Crippen LogP contribution in [0.3, 0.4) is 0 Å². The zero-order chi connectivity index (χ0) is 27.1. The highest BCUT2D eigenvalue weighted by atomic mass is 35.5. The Morgan fingerprint density at radius 2 is 1.97 bits per heavy atom. The molecule has 2 heterocycles. The number of hydrogen-bond donors (Lipinski definition) is 3. The fourth-order valence-corrected chi connectivity index (χ4v) is 5.82. The number of anilines is 1. The second kappa shape index (κ2) is 10.1. The molecule has 12 heteroatoms. The van der Waals surface area contributed by atoms with Crippen LogP contribution in [0.25, 0.3) is 10.9 Å². The van der Waals surface area contributed by atoms with Crippen LogP contribution in [0.15, 0.2) is 36.4 Å². The van der Waals surface area contributed by atoms with E-state index in [9.17, 15) is 23.6 Å². The Morgan fingerprint density at radius 3 is 2.71 bits per heavy atom. The maximum atomic E-state index is 14.3. The summed E-state index contributed by atoms with van der Waals surface area (Å²) in [6.07, 6.45) is 2.30. The number of primary amides is 1. The topological polar surface area (TPSA) is 139 Å². The van der Waals surface area contributed by atoms with Gasteiger partial charge in [-0.2, -0.15) is 5.10 Å². The van der Waals surface area contributed by atoms with Crippen molar-refractivity contribution in [1.29, 1.82) is 0 Å². The summed E-state index contributed by atoms with van der Waals surface area (Å²) in [5.41, 5.74) is 6.68. The molecule has 4 N–H and O–H groups in total. The monoisotopic (exact) mass is 540 g/mol. The van der Waals surface area contributed by atoms with E-state index < -0.39 is 17.8 Å². The van der Waals surface area contributed by atoms with Crippen molar-refractivity contribution in [1.82, 2.24) is 20.0 Å². The minimum Gasteiger partial charge on any atom is -0.364 e. The average molecular weight is 541 g/mol. The first-order chi connectivity index (χ1) is 18.1. The summed E-state index contributed by atoms with van der Waals surface area (Å²) in [4.78, 5) is 52.0. The minimum atomic E-state index is -0.751. The van der Waals surface area contributed by atoms with Gasteiger partial charge in [0.1, 0.15) is 18.4 Å². The molecule has 2 bridgehead atoms. The Balaban J connectivity index is 1.39. The SMILES string of the molecule is CC(=O)Nc1ccc2c(C(N)=O)nn(CC(=O)N3[C@@H]4CC[C@@H](C4)[C@H]3C(=O)NCc3cccc(Cl)c3F)c2c1. The molecule has 1 saturated carbocycles. The largest absolute Gasteiger partial charge is 0.364 e. The first-order valence-electron chi connectivity index (χ1n) is 12.2. The molecule has 1 saturated heterocycles. The minimum absolute atomic E-state index is 0.00274. The molecule has 2 fully saturated rings. The molecule has 1 aromatic heterocycles. The van der Waals surface area contributed by atoms with Crippen molar-refractivity contribution in [2.75, 3.05) is 5.32 Å². The van der Waals surface area contributed by atoms with Gasteiger partial charge >= 0.3 is 0 Å². The fourth-order valence-electron chi connectivity index (χ4n) is 5.62. The Morgan fingerprint density at radius 1 is 1.18 bits per heavy atom. The number of piperidine rings is 1. The van der Waals surface area contributed by atoms with E-state index in [4.69, 9.17) is 17.3 Å². The third-order valence-corrected chi connectivity index (χ3v) is 7.51. The van der Waals surface area contributed by atoms with Crippen LogP contribution < -0.4 is 16.4 Å². The first-order valence-corrected chi connectivity index (χ1v) is 12.6. The van der Waals surface area contributed by atoms with Crippen LogP contribution in [0.1, 0.15) is 42.2 Å². The van der Waals surface area contributed by atoms with Crippen LogP contribution >= 0.6 is 11.6 Å². The van der Waals surface area contributed by atoms with Crippen molar-refractivity contribution in [2.24, 2.45) is 11.7 Å². The Bertz CT molecular complexity index is 1470. The fraction of sp³-hybridized carbons (Fsp3) is 0.346. The number of carbonyl (C=O) groups excluding carboxylic acids is 4. The third-order valence-electron chi connectivity index (χ3n) is 7.22. The molecule has 38 heavy (non-hydrogen) atoms. The molecule has 10 nitrogen and oxygen atoms in total. The van der Waals surface area contributed by atoms with Gasteiger partial charge in [0, 0.05) is 36.1 Å². The summed E-state index contributed by atoms with van der Waals surface area (Å²) in [6, 6.07) is 8.62. The number of hydrogen-bond acceptors (Lipinski definition) is 5. The number of amides is 4. The summed E-state index contributed by atoms with van der Waals surface area (Å²) >= 11 is 5.85. The van der Waals surface area contributed by atoms with Gasteiger partial charge in [0.15, 0.2) is 5.69 Å². The van der Waals surface area contributed by atoms with Crippen molar-refractivity contribution >= 4 is 51.8 Å². The van der Waals surface area contributed by atoms with E-state index in [0.29, 0.717) is 23.0 Å². The summed E-state index contributed by atoms with van der Waals surface area (Å²) in [6.45, 7) is 1.08. The van der Waals surface area contributed by atoms with Gasteiger partial charge in [-0.15, -0.1) is 0 Å². The number of fused-ring (bicyclic) bond motifs is 3. The van der Waals surface area contributed by atoms with Gasteiger partial charge in [-0.3, -0.25) is 23.9 Å². The quantitative estimate of drug-likeness (QED) is 0.422. The van der Waals surface area contributed by atoms with Crippen molar-refractivity contribution in [3.8, 4) is 0 Å². The highest BCUT2D eigenvalue weighted by Crippen LogP contribution is 2.42. The molecule has 2 aromatic carbocycles. The van der Waals surface area contributed by atoms with E-state index in [0.717, 1.165) is 12.8 Å². The maximum Gasteiger partial charge on any atom is 0.269 e. The number of nitrogens with zero attached hydrogens (tertiary/aromatic N) is 3. The van der Waals surface area contributed by atoms with E-state index in [1.54, 1.807) is 35.2 Å². The van der Waals surface area contributed by atoms with Crippen LogP contribution in [0.4, 0.5) is 10.1 Å². The van der Waals surface area contributed by atoms with Crippen molar-refractivity contribution < 1.29 is 23.6 Å². The van der Waals surface area contributed by atoms with E-state index in [1.165, 1.54) is 17.7 Å². The molecule has 0 unspecified atom stereocenters.